The summed E-state index contributed by atoms with van der Waals surface area (Å²) in [6, 6.07) is 1.90. The smallest absolute Gasteiger partial charge is 0.261 e. The molecule has 0 unspecified atom stereocenters. The van der Waals surface area contributed by atoms with Crippen LogP contribution in [0, 0.1) is 18.3 Å². The van der Waals surface area contributed by atoms with Gasteiger partial charge in [-0.2, -0.15) is 5.26 Å². The average Bonchev–Trinajstić information content (AvgIpc) is 2.10. The minimum atomic E-state index is -2.57. The third-order valence-corrected chi connectivity index (χ3v) is 2.75. The van der Waals surface area contributed by atoms with Crippen LogP contribution in [0.4, 0.5) is 8.78 Å². The molecular formula is C9H7BrF2N2. The summed E-state index contributed by atoms with van der Waals surface area (Å²) in [6.45, 7) is 1.52. The Morgan fingerprint density at radius 3 is 2.79 bits per heavy atom. The minimum absolute atomic E-state index is 0.0770. The molecule has 14 heavy (non-hydrogen) atoms. The topological polar surface area (TPSA) is 36.7 Å². The van der Waals surface area contributed by atoms with Crippen LogP contribution in [0.3, 0.4) is 0 Å². The molecule has 5 heteroatoms. The van der Waals surface area contributed by atoms with E-state index in [-0.39, 0.29) is 17.7 Å². The van der Waals surface area contributed by atoms with E-state index in [0.29, 0.717) is 10.0 Å². The fourth-order valence-corrected chi connectivity index (χ4v) is 1.80. The van der Waals surface area contributed by atoms with E-state index >= 15 is 0 Å². The van der Waals surface area contributed by atoms with E-state index in [2.05, 4.69) is 20.9 Å². The van der Waals surface area contributed by atoms with E-state index < -0.39 is 6.43 Å². The zero-order chi connectivity index (χ0) is 10.7. The Balaban J connectivity index is 3.28. The van der Waals surface area contributed by atoms with Crippen molar-refractivity contribution in [3.63, 3.8) is 0 Å². The summed E-state index contributed by atoms with van der Waals surface area (Å²) in [5.41, 5.74) is 0.653. The van der Waals surface area contributed by atoms with Crippen molar-refractivity contribution >= 4 is 15.9 Å². The monoisotopic (exact) mass is 260 g/mol. The van der Waals surface area contributed by atoms with Gasteiger partial charge < -0.3 is 0 Å². The molecule has 0 aliphatic heterocycles. The Morgan fingerprint density at radius 2 is 2.29 bits per heavy atom. The lowest BCUT2D eigenvalue weighted by Crippen LogP contribution is -1.99. The first kappa shape index (κ1) is 11.1. The van der Waals surface area contributed by atoms with Gasteiger partial charge in [-0.15, -0.1) is 0 Å². The first-order valence-corrected chi connectivity index (χ1v) is 4.66. The number of aromatic nitrogens is 1. The highest BCUT2D eigenvalue weighted by Gasteiger charge is 2.18. The van der Waals surface area contributed by atoms with Gasteiger partial charge in [-0.05, 0) is 28.4 Å². The summed E-state index contributed by atoms with van der Waals surface area (Å²) in [5.74, 6) is 0. The average molecular weight is 261 g/mol. The number of nitriles is 1. The Kier molecular flexibility index (Phi) is 3.53. The lowest BCUT2D eigenvalue weighted by atomic mass is 10.1. The molecule has 0 spiro atoms. The number of halogens is 3. The molecule has 2 nitrogen and oxygen atoms in total. The molecule has 0 saturated carbocycles. The molecule has 74 valence electrons. The Morgan fingerprint density at radius 1 is 1.64 bits per heavy atom. The summed E-state index contributed by atoms with van der Waals surface area (Å²) in [5, 5.41) is 8.46. The van der Waals surface area contributed by atoms with Gasteiger partial charge in [-0.1, -0.05) is 0 Å². The summed E-state index contributed by atoms with van der Waals surface area (Å²) in [7, 11) is 0. The molecule has 1 aromatic rings. The minimum Gasteiger partial charge on any atom is -0.261 e. The lowest BCUT2D eigenvalue weighted by Gasteiger charge is -2.09. The fourth-order valence-electron chi connectivity index (χ4n) is 1.09. The molecule has 1 heterocycles. The van der Waals surface area contributed by atoms with E-state index in [1.54, 1.807) is 0 Å². The van der Waals surface area contributed by atoms with Crippen LogP contribution in [-0.4, -0.2) is 4.98 Å². The maximum absolute atomic E-state index is 12.6. The van der Waals surface area contributed by atoms with Crippen molar-refractivity contribution in [3.8, 4) is 6.07 Å². The number of nitrogens with zero attached hydrogens (tertiary/aromatic N) is 2. The van der Waals surface area contributed by atoms with Crippen LogP contribution in [0.2, 0.25) is 0 Å². The first-order chi connectivity index (χ1) is 6.57. The van der Waals surface area contributed by atoms with Crippen molar-refractivity contribution < 1.29 is 8.78 Å². The zero-order valence-electron chi connectivity index (χ0n) is 7.39. The largest absolute Gasteiger partial charge is 0.266 e. The Hall–Kier alpha value is -1.02. The number of hydrogen-bond donors (Lipinski definition) is 0. The third kappa shape index (κ3) is 2.07. The molecule has 0 aliphatic rings. The molecule has 1 aromatic heterocycles. The van der Waals surface area contributed by atoms with Crippen molar-refractivity contribution in [2.24, 2.45) is 0 Å². The van der Waals surface area contributed by atoms with Gasteiger partial charge >= 0.3 is 0 Å². The molecule has 1 rings (SSSR count). The lowest BCUT2D eigenvalue weighted by molar-refractivity contribution is 0.149. The number of rotatable bonds is 2. The predicted molar refractivity (Wildman–Crippen MR) is 50.9 cm³/mol. The van der Waals surface area contributed by atoms with Crippen molar-refractivity contribution in [3.05, 3.63) is 27.5 Å². The number of hydrogen-bond acceptors (Lipinski definition) is 2. The van der Waals surface area contributed by atoms with Crippen LogP contribution in [0.5, 0.6) is 0 Å². The summed E-state index contributed by atoms with van der Waals surface area (Å²) >= 11 is 3.06. The molecule has 0 radical (unpaired) electrons. The van der Waals surface area contributed by atoms with Gasteiger partial charge in [0.25, 0.3) is 6.43 Å². The molecule has 0 amide bonds. The second kappa shape index (κ2) is 4.47. The van der Waals surface area contributed by atoms with Crippen LogP contribution in [-0.2, 0) is 6.42 Å². The van der Waals surface area contributed by atoms with Crippen LogP contribution in [0.15, 0.2) is 10.7 Å². The van der Waals surface area contributed by atoms with Crippen molar-refractivity contribution in [2.45, 2.75) is 19.8 Å². The molecular weight excluding hydrogens is 254 g/mol. The Bertz CT molecular complexity index is 385. The standard InChI is InChI=1S/C9H7BrF2N2/c1-5-7(9(11)12)8(10)6(2-3-13)4-14-5/h4,9H,2H2,1H3. The molecule has 0 N–H and O–H groups in total. The van der Waals surface area contributed by atoms with Crippen LogP contribution in [0.25, 0.3) is 0 Å². The SMILES string of the molecule is Cc1ncc(CC#N)c(Br)c1C(F)F. The summed E-state index contributed by atoms with van der Waals surface area (Å²) in [6.07, 6.45) is -1.06. The molecule has 0 saturated heterocycles. The van der Waals surface area contributed by atoms with Gasteiger partial charge in [0.1, 0.15) is 0 Å². The summed E-state index contributed by atoms with van der Waals surface area (Å²) in [4.78, 5) is 3.82. The Labute approximate surface area is 88.7 Å². The van der Waals surface area contributed by atoms with Crippen molar-refractivity contribution in [2.75, 3.05) is 0 Å². The van der Waals surface area contributed by atoms with E-state index in [4.69, 9.17) is 5.26 Å². The maximum atomic E-state index is 12.6. The highest BCUT2D eigenvalue weighted by molar-refractivity contribution is 9.10. The second-order valence-electron chi connectivity index (χ2n) is 2.73. The van der Waals surface area contributed by atoms with Gasteiger partial charge in [0, 0.05) is 16.4 Å². The van der Waals surface area contributed by atoms with E-state index in [1.165, 1.54) is 13.1 Å². The third-order valence-electron chi connectivity index (χ3n) is 1.81. The first-order valence-electron chi connectivity index (χ1n) is 3.87. The van der Waals surface area contributed by atoms with Gasteiger partial charge in [0.15, 0.2) is 0 Å². The molecule has 0 bridgehead atoms. The van der Waals surface area contributed by atoms with E-state index in [9.17, 15) is 8.78 Å². The van der Waals surface area contributed by atoms with E-state index in [1.807, 2.05) is 6.07 Å². The quantitative estimate of drug-likeness (QED) is 0.819. The fraction of sp³-hybridized carbons (Fsp3) is 0.333. The molecule has 0 fully saturated rings. The molecule has 0 aromatic carbocycles. The van der Waals surface area contributed by atoms with Gasteiger partial charge in [-0.3, -0.25) is 4.98 Å². The van der Waals surface area contributed by atoms with E-state index in [0.717, 1.165) is 0 Å². The normalized spacial score (nSPS) is 10.3. The highest BCUT2D eigenvalue weighted by Crippen LogP contribution is 2.31. The maximum Gasteiger partial charge on any atom is 0.266 e. The number of pyridine rings is 1. The number of alkyl halides is 2. The molecule has 0 atom stereocenters. The van der Waals surface area contributed by atoms with Gasteiger partial charge in [-0.25, -0.2) is 8.78 Å². The molecule has 0 aliphatic carbocycles. The van der Waals surface area contributed by atoms with Gasteiger partial charge in [0.05, 0.1) is 18.1 Å². The van der Waals surface area contributed by atoms with Crippen molar-refractivity contribution in [1.82, 2.24) is 4.98 Å². The zero-order valence-corrected chi connectivity index (χ0v) is 8.98. The van der Waals surface area contributed by atoms with Crippen LogP contribution in [0.1, 0.15) is 23.2 Å². The van der Waals surface area contributed by atoms with Gasteiger partial charge in [0.2, 0.25) is 0 Å². The van der Waals surface area contributed by atoms with Crippen LogP contribution < -0.4 is 0 Å². The predicted octanol–water partition coefficient (Wildman–Crippen LogP) is 3.16. The van der Waals surface area contributed by atoms with Crippen molar-refractivity contribution in [1.29, 1.82) is 5.26 Å². The second-order valence-corrected chi connectivity index (χ2v) is 3.53. The van der Waals surface area contributed by atoms with Crippen LogP contribution >= 0.6 is 15.9 Å². The highest BCUT2D eigenvalue weighted by atomic mass is 79.9. The summed E-state index contributed by atoms with van der Waals surface area (Å²) < 4.78 is 25.4. The number of aryl methyl sites for hydroxylation is 1.